The third kappa shape index (κ3) is 6.02. The molecule has 1 aromatic carbocycles. The molecule has 2 aliphatic heterocycles. The predicted molar refractivity (Wildman–Crippen MR) is 140 cm³/mol. The van der Waals surface area contributed by atoms with Crippen molar-refractivity contribution in [3.8, 4) is 0 Å². The normalized spacial score (nSPS) is 23.5. The summed E-state index contributed by atoms with van der Waals surface area (Å²) in [5.41, 5.74) is 2.65. The standard InChI is InChI=1S/C24H36N6O.HI/c1-19-5-4-6-21(15-19)22(28-11-13-31-14-12-28)16-27-24(25-3)29-9-7-20(2)23(17-29)30-10-8-26-18-30;/h4-6,8,10,15,18,20,22-23H,7,9,11-14,16-17H2,1-3H3,(H,25,27);1H. The van der Waals surface area contributed by atoms with E-state index in [9.17, 15) is 0 Å². The zero-order chi connectivity index (χ0) is 21.6. The van der Waals surface area contributed by atoms with E-state index in [0.29, 0.717) is 18.0 Å². The van der Waals surface area contributed by atoms with E-state index < -0.39 is 0 Å². The van der Waals surface area contributed by atoms with E-state index in [2.05, 4.69) is 74.0 Å². The smallest absolute Gasteiger partial charge is 0.193 e. The van der Waals surface area contributed by atoms with Gasteiger partial charge in [0.15, 0.2) is 5.96 Å². The molecule has 0 saturated carbocycles. The van der Waals surface area contributed by atoms with Crippen molar-refractivity contribution in [2.75, 3.05) is 53.0 Å². The third-order valence-corrected chi connectivity index (χ3v) is 6.70. The summed E-state index contributed by atoms with van der Waals surface area (Å²) in [6.45, 7) is 10.8. The van der Waals surface area contributed by atoms with Gasteiger partial charge in [-0.15, -0.1) is 24.0 Å². The molecule has 2 saturated heterocycles. The number of hydrogen-bond acceptors (Lipinski definition) is 4. The molecule has 1 aromatic heterocycles. The highest BCUT2D eigenvalue weighted by atomic mass is 127. The van der Waals surface area contributed by atoms with Gasteiger partial charge in [-0.25, -0.2) is 4.98 Å². The zero-order valence-electron chi connectivity index (χ0n) is 19.5. The highest BCUT2D eigenvalue weighted by Gasteiger charge is 2.30. The van der Waals surface area contributed by atoms with Gasteiger partial charge in [-0.3, -0.25) is 9.89 Å². The lowest BCUT2D eigenvalue weighted by Gasteiger charge is -2.40. The minimum Gasteiger partial charge on any atom is -0.379 e. The van der Waals surface area contributed by atoms with Crippen molar-refractivity contribution in [3.05, 3.63) is 54.1 Å². The number of ether oxygens (including phenoxy) is 1. The van der Waals surface area contributed by atoms with Gasteiger partial charge in [-0.2, -0.15) is 0 Å². The maximum absolute atomic E-state index is 5.61. The Hall–Kier alpha value is -1.65. The minimum atomic E-state index is 0. The lowest BCUT2D eigenvalue weighted by Crippen LogP contribution is -2.51. The first kappa shape index (κ1) is 25.0. The number of nitrogens with zero attached hydrogens (tertiary/aromatic N) is 5. The Morgan fingerprint density at radius 2 is 2.09 bits per heavy atom. The van der Waals surface area contributed by atoms with E-state index in [1.54, 1.807) is 0 Å². The topological polar surface area (TPSA) is 57.9 Å². The van der Waals surface area contributed by atoms with E-state index >= 15 is 0 Å². The van der Waals surface area contributed by atoms with Crippen molar-refractivity contribution in [2.45, 2.75) is 32.4 Å². The van der Waals surface area contributed by atoms with Crippen LogP contribution in [0.15, 0.2) is 48.0 Å². The van der Waals surface area contributed by atoms with Crippen LogP contribution in [0.3, 0.4) is 0 Å². The molecular weight excluding hydrogens is 515 g/mol. The molecule has 0 bridgehead atoms. The molecule has 2 fully saturated rings. The van der Waals surface area contributed by atoms with Crippen LogP contribution in [0.1, 0.15) is 36.6 Å². The number of aliphatic imine (C=N–C) groups is 1. The fourth-order valence-corrected chi connectivity index (χ4v) is 4.84. The van der Waals surface area contributed by atoms with Crippen LogP contribution in [-0.2, 0) is 4.74 Å². The fourth-order valence-electron chi connectivity index (χ4n) is 4.84. The largest absolute Gasteiger partial charge is 0.379 e. The van der Waals surface area contributed by atoms with E-state index in [1.807, 2.05) is 19.6 Å². The number of likely N-dealkylation sites (tertiary alicyclic amines) is 1. The Labute approximate surface area is 209 Å². The van der Waals surface area contributed by atoms with Crippen molar-refractivity contribution in [1.29, 1.82) is 0 Å². The molecule has 2 aliphatic rings. The Bertz CT molecular complexity index is 852. The van der Waals surface area contributed by atoms with E-state index in [4.69, 9.17) is 4.74 Å². The van der Waals surface area contributed by atoms with E-state index in [1.165, 1.54) is 11.1 Å². The summed E-state index contributed by atoms with van der Waals surface area (Å²) in [4.78, 5) is 13.8. The first-order valence-electron chi connectivity index (χ1n) is 11.5. The number of halogens is 1. The SMILES string of the molecule is CN=C(NCC(c1cccc(C)c1)N1CCOCC1)N1CCC(C)C(n2ccnc2)C1.I. The molecule has 0 spiro atoms. The number of aromatic nitrogens is 2. The number of benzene rings is 1. The van der Waals surface area contributed by atoms with Crippen LogP contribution in [0, 0.1) is 12.8 Å². The monoisotopic (exact) mass is 552 g/mol. The predicted octanol–water partition coefficient (Wildman–Crippen LogP) is 3.34. The quantitative estimate of drug-likeness (QED) is 0.351. The second-order valence-electron chi connectivity index (χ2n) is 8.80. The number of hydrogen-bond donors (Lipinski definition) is 1. The van der Waals surface area contributed by atoms with Crippen LogP contribution < -0.4 is 5.32 Å². The van der Waals surface area contributed by atoms with Crippen molar-refractivity contribution < 1.29 is 4.74 Å². The molecule has 3 unspecified atom stereocenters. The van der Waals surface area contributed by atoms with Gasteiger partial charge in [-0.05, 0) is 24.8 Å². The molecule has 3 atom stereocenters. The Morgan fingerprint density at radius 1 is 1.28 bits per heavy atom. The molecule has 1 N–H and O–H groups in total. The van der Waals surface area contributed by atoms with Gasteiger partial charge in [0.1, 0.15) is 0 Å². The molecule has 3 heterocycles. The first-order chi connectivity index (χ1) is 15.2. The van der Waals surface area contributed by atoms with Crippen LogP contribution in [0.25, 0.3) is 0 Å². The van der Waals surface area contributed by atoms with Gasteiger partial charge < -0.3 is 19.5 Å². The summed E-state index contributed by atoms with van der Waals surface area (Å²) < 4.78 is 7.85. The summed E-state index contributed by atoms with van der Waals surface area (Å²) >= 11 is 0. The summed E-state index contributed by atoms with van der Waals surface area (Å²) in [6.07, 6.45) is 7.03. The van der Waals surface area contributed by atoms with Crippen LogP contribution in [0.5, 0.6) is 0 Å². The van der Waals surface area contributed by atoms with Gasteiger partial charge in [0, 0.05) is 52.2 Å². The first-order valence-corrected chi connectivity index (χ1v) is 11.5. The van der Waals surface area contributed by atoms with Crippen molar-refractivity contribution >= 4 is 29.9 Å². The van der Waals surface area contributed by atoms with E-state index in [0.717, 1.165) is 58.3 Å². The Morgan fingerprint density at radius 3 is 2.78 bits per heavy atom. The second kappa shape index (κ2) is 12.0. The molecule has 2 aromatic rings. The summed E-state index contributed by atoms with van der Waals surface area (Å²) in [5, 5.41) is 3.70. The van der Waals surface area contributed by atoms with Gasteiger partial charge in [0.05, 0.1) is 31.6 Å². The third-order valence-electron chi connectivity index (χ3n) is 6.70. The zero-order valence-corrected chi connectivity index (χ0v) is 21.8. The Balaban J connectivity index is 0.00000289. The van der Waals surface area contributed by atoms with Crippen LogP contribution in [0.4, 0.5) is 0 Å². The average molecular weight is 553 g/mol. The van der Waals surface area contributed by atoms with E-state index in [-0.39, 0.29) is 24.0 Å². The lowest BCUT2D eigenvalue weighted by molar-refractivity contribution is 0.0168. The Kier molecular flexibility index (Phi) is 9.36. The van der Waals surface area contributed by atoms with Gasteiger partial charge in [0.2, 0.25) is 0 Å². The molecule has 0 aliphatic carbocycles. The summed E-state index contributed by atoms with van der Waals surface area (Å²) in [7, 11) is 1.89. The maximum atomic E-state index is 5.61. The molecule has 7 nitrogen and oxygen atoms in total. The number of rotatable bonds is 5. The molecule has 8 heteroatoms. The fraction of sp³-hybridized carbons (Fsp3) is 0.583. The molecule has 4 rings (SSSR count). The second-order valence-corrected chi connectivity index (χ2v) is 8.80. The van der Waals surface area contributed by atoms with Gasteiger partial charge in [-0.1, -0.05) is 36.8 Å². The number of imidazole rings is 1. The maximum Gasteiger partial charge on any atom is 0.193 e. The average Bonchev–Trinajstić information content (AvgIpc) is 3.33. The number of morpholine rings is 1. The lowest BCUT2D eigenvalue weighted by atomic mass is 9.93. The summed E-state index contributed by atoms with van der Waals surface area (Å²) in [6, 6.07) is 9.60. The number of aryl methyl sites for hydroxylation is 1. The molecular formula is C24H37IN6O. The number of nitrogens with one attached hydrogen (secondary N) is 1. The molecule has 32 heavy (non-hydrogen) atoms. The van der Waals surface area contributed by atoms with Gasteiger partial charge >= 0.3 is 0 Å². The van der Waals surface area contributed by atoms with Crippen LogP contribution >= 0.6 is 24.0 Å². The number of piperidine rings is 1. The van der Waals surface area contributed by atoms with Gasteiger partial charge in [0.25, 0.3) is 0 Å². The van der Waals surface area contributed by atoms with Crippen LogP contribution in [0.2, 0.25) is 0 Å². The molecule has 176 valence electrons. The van der Waals surface area contributed by atoms with Crippen molar-refractivity contribution in [3.63, 3.8) is 0 Å². The highest BCUT2D eigenvalue weighted by molar-refractivity contribution is 14.0. The minimum absolute atomic E-state index is 0. The number of guanidine groups is 1. The molecule has 0 radical (unpaired) electrons. The highest BCUT2D eigenvalue weighted by Crippen LogP contribution is 2.28. The van der Waals surface area contributed by atoms with Crippen molar-refractivity contribution in [2.24, 2.45) is 10.9 Å². The summed E-state index contributed by atoms with van der Waals surface area (Å²) in [5.74, 6) is 1.61. The molecule has 0 amide bonds. The van der Waals surface area contributed by atoms with Crippen molar-refractivity contribution in [1.82, 2.24) is 24.7 Å². The van der Waals surface area contributed by atoms with Crippen LogP contribution in [-0.4, -0.2) is 78.3 Å².